The molecule has 0 heterocycles. The Morgan fingerprint density at radius 3 is 2.19 bits per heavy atom. The van der Waals surface area contributed by atoms with Crippen LogP contribution < -0.4 is 0 Å². The predicted molar refractivity (Wildman–Crippen MR) is 72.3 cm³/mol. The highest BCUT2D eigenvalue weighted by molar-refractivity contribution is 7.80. The lowest BCUT2D eigenvalue weighted by atomic mass is 9.73. The number of rotatable bonds is 4. The van der Waals surface area contributed by atoms with Gasteiger partial charge >= 0.3 is 0 Å². The van der Waals surface area contributed by atoms with Crippen LogP contribution in [0.2, 0.25) is 0 Å². The van der Waals surface area contributed by atoms with Crippen molar-refractivity contribution in [3.8, 4) is 0 Å². The summed E-state index contributed by atoms with van der Waals surface area (Å²) in [6.07, 6.45) is 1.74. The zero-order valence-electron chi connectivity index (χ0n) is 10.6. The molecule has 0 aliphatic carbocycles. The maximum absolute atomic E-state index is 10.0. The molecule has 1 unspecified atom stereocenters. The smallest absolute Gasteiger partial charge is 0.0600 e. The van der Waals surface area contributed by atoms with Gasteiger partial charge in [-0.15, -0.1) is 12.6 Å². The number of hydrogen-bond donors (Lipinski definition) is 2. The van der Waals surface area contributed by atoms with Crippen molar-refractivity contribution in [2.24, 2.45) is 0 Å². The molecule has 0 amide bonds. The predicted octanol–water partition coefficient (Wildman–Crippen LogP) is 3.80. The van der Waals surface area contributed by atoms with Gasteiger partial charge in [-0.3, -0.25) is 0 Å². The standard InChI is InChI=1S/C14H22OS/c1-5-14(4,10-13(2,3)15)11-8-6-7-9-12(11)16/h6-9,15-16H,5,10H2,1-4H3. The van der Waals surface area contributed by atoms with Gasteiger partial charge in [0.05, 0.1) is 5.60 Å². The zero-order valence-corrected chi connectivity index (χ0v) is 11.5. The summed E-state index contributed by atoms with van der Waals surface area (Å²) >= 11 is 4.51. The van der Waals surface area contributed by atoms with Crippen LogP contribution in [0.5, 0.6) is 0 Å². The van der Waals surface area contributed by atoms with Gasteiger partial charge in [-0.1, -0.05) is 32.0 Å². The Labute approximate surface area is 104 Å². The van der Waals surface area contributed by atoms with Gasteiger partial charge in [-0.25, -0.2) is 0 Å². The van der Waals surface area contributed by atoms with Crippen molar-refractivity contribution in [2.45, 2.75) is 56.4 Å². The van der Waals surface area contributed by atoms with Crippen LogP contribution in [0, 0.1) is 0 Å². The van der Waals surface area contributed by atoms with Gasteiger partial charge in [0.2, 0.25) is 0 Å². The molecule has 0 aliphatic heterocycles. The van der Waals surface area contributed by atoms with Crippen LogP contribution in [0.3, 0.4) is 0 Å². The minimum atomic E-state index is -0.652. The van der Waals surface area contributed by atoms with E-state index in [0.29, 0.717) is 0 Å². The van der Waals surface area contributed by atoms with Gasteiger partial charge in [0.1, 0.15) is 0 Å². The molecule has 16 heavy (non-hydrogen) atoms. The highest BCUT2D eigenvalue weighted by Gasteiger charge is 2.32. The van der Waals surface area contributed by atoms with E-state index in [-0.39, 0.29) is 5.41 Å². The van der Waals surface area contributed by atoms with Crippen LogP contribution in [-0.4, -0.2) is 10.7 Å². The van der Waals surface area contributed by atoms with E-state index in [1.807, 2.05) is 32.0 Å². The van der Waals surface area contributed by atoms with Crippen molar-refractivity contribution < 1.29 is 5.11 Å². The van der Waals surface area contributed by atoms with Crippen molar-refractivity contribution in [1.29, 1.82) is 0 Å². The van der Waals surface area contributed by atoms with Crippen molar-refractivity contribution in [1.82, 2.24) is 0 Å². The SMILES string of the molecule is CCC(C)(CC(C)(C)O)c1ccccc1S. The summed E-state index contributed by atoms with van der Waals surface area (Å²) in [6.45, 7) is 8.08. The lowest BCUT2D eigenvalue weighted by Gasteiger charge is -2.35. The first kappa shape index (κ1) is 13.6. The highest BCUT2D eigenvalue weighted by atomic mass is 32.1. The summed E-state index contributed by atoms with van der Waals surface area (Å²) in [7, 11) is 0. The minimum absolute atomic E-state index is 0.0173. The molecular formula is C14H22OS. The summed E-state index contributed by atoms with van der Waals surface area (Å²) in [5, 5.41) is 10.0. The zero-order chi connectivity index (χ0) is 12.4. The number of hydrogen-bond acceptors (Lipinski definition) is 2. The maximum Gasteiger partial charge on any atom is 0.0600 e. The molecular weight excluding hydrogens is 216 g/mol. The molecule has 0 radical (unpaired) electrons. The van der Waals surface area contributed by atoms with Gasteiger partial charge in [0, 0.05) is 4.90 Å². The Hall–Kier alpha value is -0.470. The molecule has 0 aromatic heterocycles. The minimum Gasteiger partial charge on any atom is -0.390 e. The van der Waals surface area contributed by atoms with Crippen molar-refractivity contribution in [3.05, 3.63) is 29.8 Å². The first-order chi connectivity index (χ1) is 7.28. The summed E-state index contributed by atoms with van der Waals surface area (Å²) in [6, 6.07) is 8.15. The fraction of sp³-hybridized carbons (Fsp3) is 0.571. The van der Waals surface area contributed by atoms with Crippen LogP contribution in [0.4, 0.5) is 0 Å². The third-order valence-corrected chi connectivity index (χ3v) is 3.55. The molecule has 1 nitrogen and oxygen atoms in total. The van der Waals surface area contributed by atoms with Gasteiger partial charge in [-0.2, -0.15) is 0 Å². The third kappa shape index (κ3) is 3.26. The third-order valence-electron chi connectivity index (χ3n) is 3.16. The average molecular weight is 238 g/mol. The van der Waals surface area contributed by atoms with Gasteiger partial charge < -0.3 is 5.11 Å². The fourth-order valence-corrected chi connectivity index (χ4v) is 2.78. The van der Waals surface area contributed by atoms with E-state index in [4.69, 9.17) is 0 Å². The molecule has 90 valence electrons. The number of thiol groups is 1. The largest absolute Gasteiger partial charge is 0.390 e. The van der Waals surface area contributed by atoms with Gasteiger partial charge in [0.25, 0.3) is 0 Å². The summed E-state index contributed by atoms with van der Waals surface area (Å²) in [5.41, 5.74) is 0.556. The molecule has 1 aromatic rings. The first-order valence-corrected chi connectivity index (χ1v) is 6.24. The van der Waals surface area contributed by atoms with E-state index in [2.05, 4.69) is 32.5 Å². The number of aliphatic hydroxyl groups is 1. The van der Waals surface area contributed by atoms with E-state index in [0.717, 1.165) is 17.7 Å². The average Bonchev–Trinajstić information content (AvgIpc) is 2.15. The van der Waals surface area contributed by atoms with Crippen molar-refractivity contribution in [3.63, 3.8) is 0 Å². The van der Waals surface area contributed by atoms with Crippen molar-refractivity contribution in [2.75, 3.05) is 0 Å². The molecule has 1 rings (SSSR count). The van der Waals surface area contributed by atoms with Gasteiger partial charge in [0.15, 0.2) is 0 Å². The quantitative estimate of drug-likeness (QED) is 0.764. The summed E-state index contributed by atoms with van der Waals surface area (Å²) in [4.78, 5) is 1.01. The Balaban J connectivity index is 3.10. The fourth-order valence-electron chi connectivity index (χ4n) is 2.35. The molecule has 1 N–H and O–H groups in total. The molecule has 1 aromatic carbocycles. The molecule has 0 bridgehead atoms. The molecule has 0 aliphatic rings. The molecule has 0 spiro atoms. The second kappa shape index (κ2) is 4.80. The lowest BCUT2D eigenvalue weighted by molar-refractivity contribution is 0.0453. The monoisotopic (exact) mass is 238 g/mol. The number of benzene rings is 1. The van der Waals surface area contributed by atoms with E-state index >= 15 is 0 Å². The second-order valence-corrected chi connectivity index (χ2v) is 5.90. The summed E-state index contributed by atoms with van der Waals surface area (Å²) in [5.74, 6) is 0. The molecule has 0 saturated heterocycles. The molecule has 1 atom stereocenters. The van der Waals surface area contributed by atoms with E-state index in [1.54, 1.807) is 0 Å². The molecule has 0 saturated carbocycles. The Morgan fingerprint density at radius 1 is 1.19 bits per heavy atom. The maximum atomic E-state index is 10.0. The topological polar surface area (TPSA) is 20.2 Å². The second-order valence-electron chi connectivity index (χ2n) is 5.42. The van der Waals surface area contributed by atoms with Crippen LogP contribution in [0.25, 0.3) is 0 Å². The normalized spacial score (nSPS) is 15.9. The lowest BCUT2D eigenvalue weighted by Crippen LogP contribution is -2.33. The molecule has 2 heteroatoms. The summed E-state index contributed by atoms with van der Waals surface area (Å²) < 4.78 is 0. The first-order valence-electron chi connectivity index (χ1n) is 5.79. The van der Waals surface area contributed by atoms with Crippen LogP contribution >= 0.6 is 12.6 Å². The van der Waals surface area contributed by atoms with Gasteiger partial charge in [-0.05, 0) is 43.7 Å². The van der Waals surface area contributed by atoms with Crippen molar-refractivity contribution >= 4 is 12.6 Å². The highest BCUT2D eigenvalue weighted by Crippen LogP contribution is 2.38. The molecule has 0 fully saturated rings. The van der Waals surface area contributed by atoms with E-state index in [9.17, 15) is 5.11 Å². The van der Waals surface area contributed by atoms with Crippen LogP contribution in [0.15, 0.2) is 29.2 Å². The van der Waals surface area contributed by atoms with E-state index < -0.39 is 5.60 Å². The Morgan fingerprint density at radius 2 is 1.75 bits per heavy atom. The Kier molecular flexibility index (Phi) is 4.08. The Bertz CT molecular complexity index is 354. The van der Waals surface area contributed by atoms with Crippen LogP contribution in [0.1, 0.15) is 46.1 Å². The van der Waals surface area contributed by atoms with E-state index in [1.165, 1.54) is 5.56 Å². The van der Waals surface area contributed by atoms with Crippen LogP contribution in [-0.2, 0) is 5.41 Å².